The van der Waals surface area contributed by atoms with E-state index in [9.17, 15) is 10.1 Å². The first-order valence-corrected chi connectivity index (χ1v) is 12.4. The molecule has 1 amide bonds. The van der Waals surface area contributed by atoms with Crippen molar-refractivity contribution in [2.45, 2.75) is 51.2 Å². The molecule has 1 aromatic heterocycles. The Kier molecular flexibility index (Phi) is 6.65. The van der Waals surface area contributed by atoms with Crippen LogP contribution < -0.4 is 10.1 Å². The fraction of sp³-hybridized carbons (Fsp3) is 0.429. The lowest BCUT2D eigenvalue weighted by molar-refractivity contribution is 0.108. The summed E-state index contributed by atoms with van der Waals surface area (Å²) < 4.78 is 18.7. The molecule has 0 aliphatic heterocycles. The second-order valence-electron chi connectivity index (χ2n) is 9.46. The Bertz CT molecular complexity index is 1250. The molecule has 182 valence electrons. The number of nitriles is 1. The molecular weight excluding hydrogens is 442 g/mol. The number of aromatic nitrogens is 1. The number of benzene rings is 2. The molecule has 2 aliphatic rings. The number of nitrogens with zero attached hydrogens (tertiary/aromatic N) is 2. The van der Waals surface area contributed by atoms with E-state index < -0.39 is 6.09 Å². The number of amides is 1. The van der Waals surface area contributed by atoms with Crippen molar-refractivity contribution in [1.29, 1.82) is 5.26 Å². The van der Waals surface area contributed by atoms with Gasteiger partial charge >= 0.3 is 6.09 Å². The van der Waals surface area contributed by atoms with Crippen LogP contribution in [0.2, 0.25) is 0 Å². The molecule has 1 N–H and O–H groups in total. The summed E-state index contributed by atoms with van der Waals surface area (Å²) >= 11 is 0. The molecule has 7 nitrogen and oxygen atoms in total. The third-order valence-electron chi connectivity index (χ3n) is 7.07. The molecule has 2 aliphatic carbocycles. The molecule has 0 bridgehead atoms. The second-order valence-corrected chi connectivity index (χ2v) is 9.46. The van der Waals surface area contributed by atoms with Gasteiger partial charge in [0.2, 0.25) is 0 Å². The summed E-state index contributed by atoms with van der Waals surface area (Å²) in [4.78, 5) is 12.2. The summed E-state index contributed by atoms with van der Waals surface area (Å²) in [5, 5.41) is 13.9. The standard InChI is InChI=1S/C28H31N3O4/c1-18(19-6-7-19)35-28(32)30-21-10-8-20(9-11-21)27-25(17-29)24-13-12-23(34-15-14-33-2)16-26(24)31(27)22-4-3-5-22/h8-13,16,18-19,22H,3-7,14-15H2,1-2H3,(H,30,32). The van der Waals surface area contributed by atoms with Gasteiger partial charge in [-0.05, 0) is 74.8 Å². The van der Waals surface area contributed by atoms with E-state index in [2.05, 4.69) is 16.0 Å². The van der Waals surface area contributed by atoms with Gasteiger partial charge in [0.05, 0.1) is 23.4 Å². The number of nitrogens with one attached hydrogen (secondary N) is 1. The SMILES string of the molecule is COCCOc1ccc2c(C#N)c(-c3ccc(NC(=O)OC(C)C4CC4)cc3)n(C3CCC3)c2c1. The van der Waals surface area contributed by atoms with Crippen LogP contribution in [0.15, 0.2) is 42.5 Å². The molecule has 0 saturated heterocycles. The summed E-state index contributed by atoms with van der Waals surface area (Å²) in [6.07, 6.45) is 5.11. The van der Waals surface area contributed by atoms with Gasteiger partial charge in [0.15, 0.2) is 0 Å². The molecule has 2 aromatic carbocycles. The number of carbonyl (C=O) groups excluding carboxylic acids is 1. The van der Waals surface area contributed by atoms with Crippen LogP contribution >= 0.6 is 0 Å². The van der Waals surface area contributed by atoms with Crippen molar-refractivity contribution in [3.8, 4) is 23.1 Å². The van der Waals surface area contributed by atoms with Gasteiger partial charge < -0.3 is 18.8 Å². The van der Waals surface area contributed by atoms with E-state index in [1.165, 1.54) is 6.42 Å². The highest BCUT2D eigenvalue weighted by Gasteiger charge is 2.31. The summed E-state index contributed by atoms with van der Waals surface area (Å²) in [5.74, 6) is 1.26. The van der Waals surface area contributed by atoms with Gasteiger partial charge in [0.1, 0.15) is 24.5 Å². The lowest BCUT2D eigenvalue weighted by Crippen LogP contribution is -2.21. The van der Waals surface area contributed by atoms with Gasteiger partial charge in [-0.2, -0.15) is 5.26 Å². The fourth-order valence-corrected chi connectivity index (χ4v) is 4.73. The highest BCUT2D eigenvalue weighted by Crippen LogP contribution is 2.43. The van der Waals surface area contributed by atoms with Gasteiger partial charge in [-0.3, -0.25) is 5.32 Å². The number of hydrogen-bond acceptors (Lipinski definition) is 5. The predicted molar refractivity (Wildman–Crippen MR) is 135 cm³/mol. The van der Waals surface area contributed by atoms with E-state index in [0.29, 0.717) is 36.4 Å². The second kappa shape index (κ2) is 10.0. The van der Waals surface area contributed by atoms with Crippen molar-refractivity contribution in [3.05, 3.63) is 48.0 Å². The molecule has 35 heavy (non-hydrogen) atoms. The lowest BCUT2D eigenvalue weighted by Gasteiger charge is -2.30. The number of methoxy groups -OCH3 is 1. The number of carbonyl (C=O) groups is 1. The minimum atomic E-state index is -0.431. The fourth-order valence-electron chi connectivity index (χ4n) is 4.73. The molecular formula is C28H31N3O4. The number of hydrogen-bond donors (Lipinski definition) is 1. The maximum absolute atomic E-state index is 12.2. The van der Waals surface area contributed by atoms with Crippen LogP contribution in [-0.4, -0.2) is 37.1 Å². The zero-order valence-electron chi connectivity index (χ0n) is 20.3. The largest absolute Gasteiger partial charge is 0.491 e. The average Bonchev–Trinajstić information content (AvgIpc) is 3.63. The van der Waals surface area contributed by atoms with E-state index in [0.717, 1.165) is 53.6 Å². The topological polar surface area (TPSA) is 85.5 Å². The summed E-state index contributed by atoms with van der Waals surface area (Å²) in [6, 6.07) is 16.3. The van der Waals surface area contributed by atoms with Crippen LogP contribution in [0.5, 0.6) is 5.75 Å². The molecule has 7 heteroatoms. The minimum Gasteiger partial charge on any atom is -0.491 e. The molecule has 2 saturated carbocycles. The number of fused-ring (bicyclic) bond motifs is 1. The number of anilines is 1. The van der Waals surface area contributed by atoms with Crippen LogP contribution in [0.4, 0.5) is 10.5 Å². The predicted octanol–water partition coefficient (Wildman–Crippen LogP) is 6.28. The molecule has 5 rings (SSSR count). The Morgan fingerprint density at radius 3 is 2.54 bits per heavy atom. The maximum Gasteiger partial charge on any atom is 0.411 e. The summed E-state index contributed by atoms with van der Waals surface area (Å²) in [5.41, 5.74) is 4.19. The maximum atomic E-state index is 12.2. The highest BCUT2D eigenvalue weighted by atomic mass is 16.6. The van der Waals surface area contributed by atoms with Crippen molar-refractivity contribution in [1.82, 2.24) is 4.57 Å². The third kappa shape index (κ3) is 4.85. The molecule has 0 radical (unpaired) electrons. The van der Waals surface area contributed by atoms with E-state index in [4.69, 9.17) is 14.2 Å². The number of ether oxygens (including phenoxy) is 3. The average molecular weight is 474 g/mol. The van der Waals surface area contributed by atoms with Crippen LogP contribution in [0.1, 0.15) is 50.6 Å². The van der Waals surface area contributed by atoms with E-state index in [1.54, 1.807) is 7.11 Å². The van der Waals surface area contributed by atoms with Crippen molar-refractivity contribution >= 4 is 22.7 Å². The van der Waals surface area contributed by atoms with Gasteiger partial charge in [-0.25, -0.2) is 4.79 Å². The van der Waals surface area contributed by atoms with Crippen molar-refractivity contribution in [2.75, 3.05) is 25.6 Å². The first kappa shape index (κ1) is 23.3. The molecule has 2 fully saturated rings. The zero-order chi connectivity index (χ0) is 24.4. The molecule has 3 aromatic rings. The van der Waals surface area contributed by atoms with Gasteiger partial charge in [0.25, 0.3) is 0 Å². The Morgan fingerprint density at radius 2 is 1.91 bits per heavy atom. The van der Waals surface area contributed by atoms with Crippen LogP contribution in [0, 0.1) is 17.2 Å². The lowest BCUT2D eigenvalue weighted by atomic mass is 9.92. The number of rotatable bonds is 9. The molecule has 1 unspecified atom stereocenters. The quantitative estimate of drug-likeness (QED) is 0.370. The van der Waals surface area contributed by atoms with Crippen LogP contribution in [0.25, 0.3) is 22.2 Å². The Morgan fingerprint density at radius 1 is 1.14 bits per heavy atom. The first-order valence-electron chi connectivity index (χ1n) is 12.4. The van der Waals surface area contributed by atoms with Crippen LogP contribution in [-0.2, 0) is 9.47 Å². The van der Waals surface area contributed by atoms with E-state index in [-0.39, 0.29) is 6.10 Å². The Balaban J connectivity index is 1.45. The minimum absolute atomic E-state index is 0.0611. The monoisotopic (exact) mass is 473 g/mol. The van der Waals surface area contributed by atoms with E-state index in [1.807, 2.05) is 49.4 Å². The van der Waals surface area contributed by atoms with Crippen molar-refractivity contribution < 1.29 is 19.0 Å². The smallest absolute Gasteiger partial charge is 0.411 e. The zero-order valence-corrected chi connectivity index (χ0v) is 20.3. The summed E-state index contributed by atoms with van der Waals surface area (Å²) in [7, 11) is 1.65. The van der Waals surface area contributed by atoms with Crippen molar-refractivity contribution in [2.24, 2.45) is 5.92 Å². The van der Waals surface area contributed by atoms with Gasteiger partial charge in [-0.15, -0.1) is 0 Å². The van der Waals surface area contributed by atoms with Gasteiger partial charge in [-0.1, -0.05) is 12.1 Å². The Hall–Kier alpha value is -3.50. The van der Waals surface area contributed by atoms with Crippen molar-refractivity contribution in [3.63, 3.8) is 0 Å². The highest BCUT2D eigenvalue weighted by molar-refractivity contribution is 5.96. The molecule has 1 heterocycles. The normalized spacial score (nSPS) is 16.4. The van der Waals surface area contributed by atoms with Crippen LogP contribution in [0.3, 0.4) is 0 Å². The molecule has 0 spiro atoms. The first-order chi connectivity index (χ1) is 17.1. The van der Waals surface area contributed by atoms with E-state index >= 15 is 0 Å². The third-order valence-corrected chi connectivity index (χ3v) is 7.07. The summed E-state index contributed by atoms with van der Waals surface area (Å²) in [6.45, 7) is 2.93. The van der Waals surface area contributed by atoms with Gasteiger partial charge in [0, 0.05) is 30.3 Å². The molecule has 1 atom stereocenters. The Labute approximate surface area is 205 Å².